The summed E-state index contributed by atoms with van der Waals surface area (Å²) in [6.45, 7) is 0. The fourth-order valence-corrected chi connectivity index (χ4v) is 4.00. The molecule has 2 aromatic carbocycles. The molecule has 4 rings (SSSR count). The van der Waals surface area contributed by atoms with Gasteiger partial charge < -0.3 is 10.1 Å². The monoisotopic (exact) mass is 312 g/mol. The van der Waals surface area contributed by atoms with E-state index in [1.807, 2.05) is 0 Å². The largest absolute Gasteiger partial charge is 0.508 e. The van der Waals surface area contributed by atoms with Crippen LogP contribution in [-0.4, -0.2) is 18.5 Å². The summed E-state index contributed by atoms with van der Waals surface area (Å²) in [5.41, 5.74) is 2.78. The number of aromatic nitrogens is 1. The van der Waals surface area contributed by atoms with Gasteiger partial charge in [0.1, 0.15) is 5.75 Å². The summed E-state index contributed by atoms with van der Waals surface area (Å²) in [6, 6.07) is 12.0. The van der Waals surface area contributed by atoms with Crippen LogP contribution in [0.3, 0.4) is 0 Å². The normalized spacial score (nSPS) is 17.5. The zero-order chi connectivity index (χ0) is 15.3. The Kier molecular flexibility index (Phi) is 2.58. The maximum absolute atomic E-state index is 12.3. The number of benzene rings is 2. The maximum atomic E-state index is 12.3. The number of phenols is 1. The molecule has 0 amide bonds. The van der Waals surface area contributed by atoms with E-state index in [-0.39, 0.29) is 10.7 Å². The number of anilines is 1. The zero-order valence-corrected chi connectivity index (χ0v) is 12.2. The van der Waals surface area contributed by atoms with Crippen LogP contribution < -0.4 is 4.72 Å². The lowest BCUT2D eigenvalue weighted by atomic mass is 10.1. The van der Waals surface area contributed by atoms with Gasteiger partial charge in [-0.3, -0.25) is 4.72 Å². The van der Waals surface area contributed by atoms with Gasteiger partial charge in [-0.25, -0.2) is 8.42 Å². The molecule has 0 atom stereocenters. The first-order chi connectivity index (χ1) is 10.5. The van der Waals surface area contributed by atoms with Gasteiger partial charge >= 0.3 is 0 Å². The number of phenolic OH excluding ortho intramolecular Hbond substituents is 1. The highest BCUT2D eigenvalue weighted by molar-refractivity contribution is 8.02. The average molecular weight is 312 g/mol. The third-order valence-corrected chi connectivity index (χ3v) is 5.12. The van der Waals surface area contributed by atoms with Crippen LogP contribution in [0.2, 0.25) is 0 Å². The number of rotatable bonds is 1. The molecule has 2 heterocycles. The fourth-order valence-electron chi connectivity index (χ4n) is 2.68. The smallest absolute Gasteiger partial charge is 0.262 e. The number of H-pyrrole nitrogens is 1. The van der Waals surface area contributed by atoms with E-state index in [0.717, 1.165) is 10.9 Å². The summed E-state index contributed by atoms with van der Waals surface area (Å²) in [5.74, 6) is 0.138. The Balaban J connectivity index is 1.96. The van der Waals surface area contributed by atoms with E-state index in [4.69, 9.17) is 0 Å². The molecule has 5 nitrogen and oxygen atoms in total. The second kappa shape index (κ2) is 4.38. The van der Waals surface area contributed by atoms with Crippen molar-refractivity contribution in [2.24, 2.45) is 0 Å². The Morgan fingerprint density at radius 3 is 2.77 bits per heavy atom. The van der Waals surface area contributed by atoms with E-state index in [1.165, 1.54) is 0 Å². The summed E-state index contributed by atoms with van der Waals surface area (Å²) in [6.07, 6.45) is 3.35. The third-order valence-electron chi connectivity index (χ3n) is 3.71. The van der Waals surface area contributed by atoms with Crippen LogP contribution in [0.5, 0.6) is 5.75 Å². The molecule has 0 radical (unpaired) electrons. The molecule has 3 aromatic rings. The second-order valence-corrected chi connectivity index (χ2v) is 6.78. The summed E-state index contributed by atoms with van der Waals surface area (Å²) in [5, 5.41) is 10.4. The van der Waals surface area contributed by atoms with Crippen LogP contribution in [-0.2, 0) is 10.0 Å². The van der Waals surface area contributed by atoms with Crippen molar-refractivity contribution in [2.45, 2.75) is 0 Å². The van der Waals surface area contributed by atoms with Crippen LogP contribution >= 0.6 is 0 Å². The van der Waals surface area contributed by atoms with Crippen LogP contribution in [0.25, 0.3) is 21.9 Å². The Morgan fingerprint density at radius 2 is 1.91 bits per heavy atom. The second-order valence-electron chi connectivity index (χ2n) is 5.13. The molecule has 0 bridgehead atoms. The highest BCUT2D eigenvalue weighted by Crippen LogP contribution is 2.38. The minimum Gasteiger partial charge on any atom is -0.508 e. The van der Waals surface area contributed by atoms with Crippen molar-refractivity contribution in [2.75, 3.05) is 4.72 Å². The minimum atomic E-state index is -3.57. The number of aromatic hydroxyl groups is 1. The van der Waals surface area contributed by atoms with Crippen molar-refractivity contribution < 1.29 is 13.5 Å². The third kappa shape index (κ3) is 1.88. The molecule has 0 saturated heterocycles. The number of fused-ring (bicyclic) bond motifs is 2. The highest BCUT2D eigenvalue weighted by atomic mass is 32.2. The number of hydrogen-bond acceptors (Lipinski definition) is 3. The van der Waals surface area contributed by atoms with E-state index in [9.17, 15) is 13.5 Å². The summed E-state index contributed by atoms with van der Waals surface area (Å²) >= 11 is 0. The van der Waals surface area contributed by atoms with Gasteiger partial charge in [-0.05, 0) is 30.3 Å². The Bertz CT molecular complexity index is 1030. The first-order valence-corrected chi connectivity index (χ1v) is 8.17. The van der Waals surface area contributed by atoms with Gasteiger partial charge in [-0.1, -0.05) is 18.2 Å². The van der Waals surface area contributed by atoms with E-state index < -0.39 is 10.0 Å². The quantitative estimate of drug-likeness (QED) is 0.645. The van der Waals surface area contributed by atoms with Crippen molar-refractivity contribution in [3.05, 3.63) is 59.8 Å². The topological polar surface area (TPSA) is 82.2 Å². The average Bonchev–Trinajstić information content (AvgIpc) is 2.98. The highest BCUT2D eigenvalue weighted by Gasteiger charge is 2.29. The van der Waals surface area contributed by atoms with Crippen LogP contribution in [0, 0.1) is 0 Å². The van der Waals surface area contributed by atoms with Gasteiger partial charge in [0, 0.05) is 28.2 Å². The van der Waals surface area contributed by atoms with Gasteiger partial charge in [-0.2, -0.15) is 0 Å². The number of nitrogens with one attached hydrogen (secondary N) is 2. The van der Waals surface area contributed by atoms with Crippen molar-refractivity contribution >= 4 is 37.6 Å². The van der Waals surface area contributed by atoms with Crippen molar-refractivity contribution in [1.29, 1.82) is 0 Å². The molecule has 0 aliphatic carbocycles. The number of para-hydroxylation sites is 1. The molecule has 3 N–H and O–H groups in total. The summed E-state index contributed by atoms with van der Waals surface area (Å²) < 4.78 is 27.2. The van der Waals surface area contributed by atoms with Gasteiger partial charge in [0.05, 0.1) is 10.6 Å². The van der Waals surface area contributed by atoms with E-state index in [2.05, 4.69) is 9.71 Å². The minimum absolute atomic E-state index is 0.138. The first kappa shape index (κ1) is 13.0. The lowest BCUT2D eigenvalue weighted by Gasteiger charge is -1.99. The predicted molar refractivity (Wildman–Crippen MR) is 86.8 cm³/mol. The predicted octanol–water partition coefficient (Wildman–Crippen LogP) is 3.13. The lowest BCUT2D eigenvalue weighted by molar-refractivity contribution is 0.476. The molecule has 22 heavy (non-hydrogen) atoms. The number of hydrogen-bond donors (Lipinski definition) is 3. The van der Waals surface area contributed by atoms with E-state index >= 15 is 0 Å². The van der Waals surface area contributed by atoms with Gasteiger partial charge in [0.2, 0.25) is 0 Å². The Morgan fingerprint density at radius 1 is 1.09 bits per heavy atom. The van der Waals surface area contributed by atoms with Crippen LogP contribution in [0.4, 0.5) is 5.69 Å². The first-order valence-electron chi connectivity index (χ1n) is 6.69. The number of sulfonamides is 1. The Labute approximate surface area is 127 Å². The summed E-state index contributed by atoms with van der Waals surface area (Å²) in [4.78, 5) is 3.30. The standard InChI is InChI=1S/C16H12N2O3S/c19-11-5-6-14-13(8-11)10(9-17-14)7-16-12-3-1-2-4-15(12)18-22(16,20)21/h1-9,17-19H. The van der Waals surface area contributed by atoms with Crippen LogP contribution in [0.1, 0.15) is 11.1 Å². The van der Waals surface area contributed by atoms with Crippen molar-refractivity contribution in [1.82, 2.24) is 4.98 Å². The van der Waals surface area contributed by atoms with Crippen molar-refractivity contribution in [3.63, 3.8) is 0 Å². The molecule has 1 aliphatic rings. The number of aromatic amines is 1. The SMILES string of the molecule is O=S1(=O)Nc2ccccc2C1=Cc1c[nH]c2ccc(O)cc12. The molecule has 110 valence electrons. The van der Waals surface area contributed by atoms with Gasteiger partial charge in [0.15, 0.2) is 0 Å². The van der Waals surface area contributed by atoms with Gasteiger partial charge in [0.25, 0.3) is 10.0 Å². The summed E-state index contributed by atoms with van der Waals surface area (Å²) in [7, 11) is -3.57. The van der Waals surface area contributed by atoms with E-state index in [0.29, 0.717) is 16.8 Å². The van der Waals surface area contributed by atoms with Crippen molar-refractivity contribution in [3.8, 4) is 5.75 Å². The zero-order valence-electron chi connectivity index (χ0n) is 11.4. The molecule has 6 heteroatoms. The molecular formula is C16H12N2O3S. The van der Waals surface area contributed by atoms with Gasteiger partial charge in [-0.15, -0.1) is 0 Å². The lowest BCUT2D eigenvalue weighted by Crippen LogP contribution is -2.05. The molecule has 0 spiro atoms. The maximum Gasteiger partial charge on any atom is 0.262 e. The van der Waals surface area contributed by atoms with E-state index in [1.54, 1.807) is 54.7 Å². The molecule has 0 saturated carbocycles. The molecule has 1 aliphatic heterocycles. The molecule has 1 aromatic heterocycles. The van der Waals surface area contributed by atoms with Crippen LogP contribution in [0.15, 0.2) is 48.7 Å². The Hall–Kier alpha value is -2.73. The molecule has 0 unspecified atom stereocenters. The molecule has 0 fully saturated rings. The molecular weight excluding hydrogens is 300 g/mol. The fraction of sp³-hybridized carbons (Fsp3) is 0.